The molecule has 0 radical (unpaired) electrons. The first-order valence-electron chi connectivity index (χ1n) is 9.95. The average Bonchev–Trinajstić information content (AvgIpc) is 3.19. The lowest BCUT2D eigenvalue weighted by atomic mass is 9.96. The fraction of sp³-hybridized carbons (Fsp3) is 0.409. The highest BCUT2D eigenvalue weighted by atomic mass is 32.2. The Morgan fingerprint density at radius 1 is 1.00 bits per heavy atom. The second kappa shape index (κ2) is 6.71. The highest BCUT2D eigenvalue weighted by molar-refractivity contribution is 7.90. The van der Waals surface area contributed by atoms with Gasteiger partial charge in [-0.2, -0.15) is 0 Å². The predicted octanol–water partition coefficient (Wildman–Crippen LogP) is 3.81. The molecule has 2 bridgehead atoms. The summed E-state index contributed by atoms with van der Waals surface area (Å²) in [6, 6.07) is 17.7. The van der Waals surface area contributed by atoms with Gasteiger partial charge in [0.15, 0.2) is 9.84 Å². The van der Waals surface area contributed by atoms with Crippen LogP contribution in [-0.2, 0) is 16.4 Å². The van der Waals surface area contributed by atoms with Gasteiger partial charge in [0.1, 0.15) is 0 Å². The van der Waals surface area contributed by atoms with E-state index in [4.69, 9.17) is 0 Å². The average molecular weight is 396 g/mol. The topological polar surface area (TPSA) is 55.2 Å². The van der Waals surface area contributed by atoms with Crippen LogP contribution >= 0.6 is 0 Å². The van der Waals surface area contributed by atoms with Gasteiger partial charge >= 0.3 is 0 Å². The van der Waals surface area contributed by atoms with Crippen LogP contribution in [-0.4, -0.2) is 41.2 Å². The summed E-state index contributed by atoms with van der Waals surface area (Å²) in [6.45, 7) is 1.03. The van der Waals surface area contributed by atoms with Crippen LogP contribution < -0.4 is 0 Å². The summed E-state index contributed by atoms with van der Waals surface area (Å²) in [4.78, 5) is 7.53. The molecule has 0 amide bonds. The number of hydrogen-bond donors (Lipinski definition) is 0. The van der Waals surface area contributed by atoms with E-state index in [0.717, 1.165) is 30.4 Å². The molecular weight excluding hydrogens is 370 g/mol. The van der Waals surface area contributed by atoms with Gasteiger partial charge in [-0.15, -0.1) is 0 Å². The van der Waals surface area contributed by atoms with Crippen molar-refractivity contribution >= 4 is 20.9 Å². The van der Waals surface area contributed by atoms with Gasteiger partial charge in [0.05, 0.1) is 22.3 Å². The monoisotopic (exact) mass is 395 g/mol. The van der Waals surface area contributed by atoms with E-state index in [1.54, 1.807) is 12.1 Å². The summed E-state index contributed by atoms with van der Waals surface area (Å²) in [7, 11) is -3.21. The molecule has 0 N–H and O–H groups in total. The molecule has 2 atom stereocenters. The van der Waals surface area contributed by atoms with E-state index in [9.17, 15) is 8.42 Å². The van der Waals surface area contributed by atoms with Crippen molar-refractivity contribution in [1.29, 1.82) is 0 Å². The van der Waals surface area contributed by atoms with Crippen LogP contribution in [0.3, 0.4) is 0 Å². The maximum atomic E-state index is 11.8. The van der Waals surface area contributed by atoms with Crippen LogP contribution in [0.4, 0.5) is 0 Å². The predicted molar refractivity (Wildman–Crippen MR) is 110 cm³/mol. The van der Waals surface area contributed by atoms with Crippen molar-refractivity contribution in [2.24, 2.45) is 0 Å². The molecule has 0 aliphatic carbocycles. The van der Waals surface area contributed by atoms with E-state index in [1.165, 1.54) is 24.7 Å². The standard InChI is InChI=1S/C22H25N3O2S/c1-28(26,27)20-9-10-22-21(13-20)23-15-25(22)19-11-17-7-8-18(12-19)24(17)14-16-5-3-2-4-6-16/h2-6,9-10,13,15,17-19H,7-8,11-12,14H2,1H3. The number of imidazole rings is 1. The van der Waals surface area contributed by atoms with E-state index in [2.05, 4.69) is 44.8 Å². The van der Waals surface area contributed by atoms with E-state index in [-0.39, 0.29) is 0 Å². The molecule has 6 heteroatoms. The van der Waals surface area contributed by atoms with Crippen molar-refractivity contribution in [3.8, 4) is 0 Å². The number of hydrogen-bond acceptors (Lipinski definition) is 4. The SMILES string of the molecule is CS(=O)(=O)c1ccc2c(c1)ncn2C1CC2CCC(C1)N2Cc1ccccc1. The lowest BCUT2D eigenvalue weighted by Crippen LogP contribution is -2.42. The molecule has 28 heavy (non-hydrogen) atoms. The van der Waals surface area contributed by atoms with Gasteiger partial charge in [-0.25, -0.2) is 13.4 Å². The summed E-state index contributed by atoms with van der Waals surface area (Å²) < 4.78 is 25.9. The molecule has 2 fully saturated rings. The zero-order valence-electron chi connectivity index (χ0n) is 16.0. The Morgan fingerprint density at radius 3 is 2.39 bits per heavy atom. The summed E-state index contributed by atoms with van der Waals surface area (Å²) in [5.74, 6) is 0. The van der Waals surface area contributed by atoms with Crippen LogP contribution in [0.1, 0.15) is 37.3 Å². The van der Waals surface area contributed by atoms with Crippen LogP contribution in [0.25, 0.3) is 11.0 Å². The van der Waals surface area contributed by atoms with Crippen molar-refractivity contribution in [2.75, 3.05) is 6.26 Å². The summed E-state index contributed by atoms with van der Waals surface area (Å²) in [6.07, 6.45) is 7.92. The maximum Gasteiger partial charge on any atom is 0.175 e. The molecule has 0 saturated carbocycles. The van der Waals surface area contributed by atoms with Crippen molar-refractivity contribution < 1.29 is 8.42 Å². The largest absolute Gasteiger partial charge is 0.327 e. The number of rotatable bonds is 4. The molecule has 3 heterocycles. The molecule has 5 nitrogen and oxygen atoms in total. The number of sulfone groups is 1. The molecule has 2 aliphatic rings. The van der Waals surface area contributed by atoms with Crippen LogP contribution in [0.15, 0.2) is 59.8 Å². The summed E-state index contributed by atoms with van der Waals surface area (Å²) >= 11 is 0. The number of aromatic nitrogens is 2. The van der Waals surface area contributed by atoms with E-state index in [0.29, 0.717) is 23.0 Å². The number of benzene rings is 2. The van der Waals surface area contributed by atoms with Crippen molar-refractivity contribution in [2.45, 2.75) is 55.2 Å². The van der Waals surface area contributed by atoms with E-state index < -0.39 is 9.84 Å². The highest BCUT2D eigenvalue weighted by Crippen LogP contribution is 2.42. The smallest absolute Gasteiger partial charge is 0.175 e. The minimum atomic E-state index is -3.21. The Kier molecular flexibility index (Phi) is 4.29. The van der Waals surface area contributed by atoms with Crippen molar-refractivity contribution in [3.05, 3.63) is 60.4 Å². The minimum absolute atomic E-state index is 0.336. The quantitative estimate of drug-likeness (QED) is 0.674. The van der Waals surface area contributed by atoms with Crippen LogP contribution in [0.2, 0.25) is 0 Å². The molecule has 1 aromatic heterocycles. The van der Waals surface area contributed by atoms with Crippen molar-refractivity contribution in [3.63, 3.8) is 0 Å². The molecule has 2 saturated heterocycles. The number of piperidine rings is 1. The normalized spacial score (nSPS) is 25.4. The molecule has 2 aliphatic heterocycles. The molecule has 3 aromatic rings. The van der Waals surface area contributed by atoms with E-state index in [1.807, 2.05) is 12.4 Å². The Labute approximate surface area is 165 Å². The van der Waals surface area contributed by atoms with Gasteiger partial charge < -0.3 is 4.57 Å². The van der Waals surface area contributed by atoms with Gasteiger partial charge in [-0.05, 0) is 49.4 Å². The van der Waals surface area contributed by atoms with Gasteiger partial charge in [0, 0.05) is 30.9 Å². The third-order valence-corrected chi connectivity index (χ3v) is 7.55. The lowest BCUT2D eigenvalue weighted by molar-refractivity contribution is 0.101. The first kappa shape index (κ1) is 17.9. The first-order valence-corrected chi connectivity index (χ1v) is 11.8. The Morgan fingerprint density at radius 2 is 1.71 bits per heavy atom. The molecule has 2 unspecified atom stereocenters. The second-order valence-corrected chi connectivity index (χ2v) is 10.3. The zero-order valence-corrected chi connectivity index (χ0v) is 16.8. The van der Waals surface area contributed by atoms with Crippen LogP contribution in [0.5, 0.6) is 0 Å². The third-order valence-electron chi connectivity index (χ3n) is 6.44. The zero-order chi connectivity index (χ0) is 19.3. The fourth-order valence-electron chi connectivity index (χ4n) is 5.06. The van der Waals surface area contributed by atoms with Gasteiger partial charge in [0.25, 0.3) is 0 Å². The summed E-state index contributed by atoms with van der Waals surface area (Å²) in [5, 5.41) is 0. The number of fused-ring (bicyclic) bond motifs is 3. The van der Waals surface area contributed by atoms with Gasteiger partial charge in [-0.1, -0.05) is 30.3 Å². The van der Waals surface area contributed by atoms with Crippen molar-refractivity contribution in [1.82, 2.24) is 14.5 Å². The molecule has 5 rings (SSSR count). The highest BCUT2D eigenvalue weighted by Gasteiger charge is 2.41. The molecule has 0 spiro atoms. The molecule has 146 valence electrons. The minimum Gasteiger partial charge on any atom is -0.327 e. The van der Waals surface area contributed by atoms with Gasteiger partial charge in [-0.3, -0.25) is 4.90 Å². The maximum absolute atomic E-state index is 11.8. The second-order valence-electron chi connectivity index (χ2n) is 8.24. The summed E-state index contributed by atoms with van der Waals surface area (Å²) in [5.41, 5.74) is 3.19. The van der Waals surface area contributed by atoms with Crippen LogP contribution in [0, 0.1) is 0 Å². The Balaban J connectivity index is 1.39. The lowest BCUT2D eigenvalue weighted by Gasteiger charge is -2.39. The van der Waals surface area contributed by atoms with Gasteiger partial charge in [0.2, 0.25) is 0 Å². The molecule has 2 aromatic carbocycles. The number of nitrogens with zero attached hydrogens (tertiary/aromatic N) is 3. The fourth-order valence-corrected chi connectivity index (χ4v) is 5.70. The van der Waals surface area contributed by atoms with E-state index >= 15 is 0 Å². The first-order chi connectivity index (χ1) is 13.5. The Hall–Kier alpha value is -2.18. The third kappa shape index (κ3) is 3.14. The molecular formula is C22H25N3O2S. The Bertz CT molecular complexity index is 1090.